The van der Waals surface area contributed by atoms with Crippen LogP contribution in [0.25, 0.3) is 0 Å². The van der Waals surface area contributed by atoms with Crippen LogP contribution in [0.15, 0.2) is 21.6 Å². The van der Waals surface area contributed by atoms with Gasteiger partial charge in [-0.15, -0.1) is 0 Å². The highest BCUT2D eigenvalue weighted by Crippen LogP contribution is 2.19. The van der Waals surface area contributed by atoms with Crippen LogP contribution in [0.5, 0.6) is 0 Å². The highest BCUT2D eigenvalue weighted by molar-refractivity contribution is 7.89. The zero-order valence-electron chi connectivity index (χ0n) is 11.1. The Kier molecular flexibility index (Phi) is 4.62. The van der Waals surface area contributed by atoms with Crippen molar-refractivity contribution in [2.24, 2.45) is 0 Å². The number of furan rings is 1. The van der Waals surface area contributed by atoms with E-state index in [1.54, 1.807) is 13.0 Å². The normalized spacial score (nSPS) is 21.7. The summed E-state index contributed by atoms with van der Waals surface area (Å²) in [6, 6.07) is 2.66. The lowest BCUT2D eigenvalue weighted by molar-refractivity contribution is 0.0513. The van der Waals surface area contributed by atoms with Gasteiger partial charge in [-0.1, -0.05) is 0 Å². The maximum atomic E-state index is 12.2. The maximum Gasteiger partial charge on any atom is 0.274 e. The molecule has 0 aliphatic carbocycles. The molecular weight excluding hydrogens is 270 g/mol. The van der Waals surface area contributed by atoms with Gasteiger partial charge in [0.25, 0.3) is 10.0 Å². The Hall–Kier alpha value is -0.890. The van der Waals surface area contributed by atoms with Crippen molar-refractivity contribution < 1.29 is 22.3 Å². The standard InChI is InChI=1S/C12H19NO5S/c1-9-5-6-12(18-9)19(14,15)13-10(8-16-2)11-4-3-7-17-11/h5-6,10-11,13H,3-4,7-8H2,1-2H3. The third-order valence-electron chi connectivity index (χ3n) is 3.05. The van der Waals surface area contributed by atoms with Crippen molar-refractivity contribution in [3.8, 4) is 0 Å². The number of methoxy groups -OCH3 is 1. The number of hydrogen-bond donors (Lipinski definition) is 1. The van der Waals surface area contributed by atoms with Gasteiger partial charge in [0.2, 0.25) is 5.09 Å². The minimum atomic E-state index is -3.67. The third kappa shape index (κ3) is 3.56. The van der Waals surface area contributed by atoms with Crippen molar-refractivity contribution in [1.29, 1.82) is 0 Å². The zero-order valence-corrected chi connectivity index (χ0v) is 11.9. The van der Waals surface area contributed by atoms with Crippen molar-refractivity contribution in [2.45, 2.75) is 37.0 Å². The molecule has 1 aliphatic heterocycles. The predicted octanol–water partition coefficient (Wildman–Crippen LogP) is 1.06. The number of hydrogen-bond acceptors (Lipinski definition) is 5. The summed E-state index contributed by atoms with van der Waals surface area (Å²) in [6.45, 7) is 2.63. The Labute approximate surface area is 113 Å². The van der Waals surface area contributed by atoms with Gasteiger partial charge in [-0.3, -0.25) is 0 Å². The highest BCUT2D eigenvalue weighted by atomic mass is 32.2. The van der Waals surface area contributed by atoms with Crippen molar-refractivity contribution in [3.63, 3.8) is 0 Å². The first-order valence-corrected chi connectivity index (χ1v) is 7.70. The number of sulfonamides is 1. The van der Waals surface area contributed by atoms with E-state index in [0.717, 1.165) is 12.8 Å². The molecule has 0 radical (unpaired) electrons. The molecule has 0 amide bonds. The first-order valence-electron chi connectivity index (χ1n) is 6.22. The number of aryl methyl sites for hydroxylation is 1. The lowest BCUT2D eigenvalue weighted by Crippen LogP contribution is -2.45. The number of ether oxygens (including phenoxy) is 2. The second-order valence-corrected chi connectivity index (χ2v) is 6.24. The molecule has 1 N–H and O–H groups in total. The first kappa shape index (κ1) is 14.5. The summed E-state index contributed by atoms with van der Waals surface area (Å²) < 4.78 is 42.7. The van der Waals surface area contributed by atoms with E-state index in [1.165, 1.54) is 13.2 Å². The molecule has 0 bridgehead atoms. The average Bonchev–Trinajstić information content (AvgIpc) is 2.98. The van der Waals surface area contributed by atoms with Crippen LogP contribution in [0, 0.1) is 6.92 Å². The van der Waals surface area contributed by atoms with Crippen LogP contribution >= 0.6 is 0 Å². The fourth-order valence-electron chi connectivity index (χ4n) is 2.13. The molecule has 19 heavy (non-hydrogen) atoms. The minimum absolute atomic E-state index is 0.0795. The van der Waals surface area contributed by atoms with E-state index in [1.807, 2.05) is 0 Å². The van der Waals surface area contributed by atoms with Crippen LogP contribution in [0.2, 0.25) is 0 Å². The monoisotopic (exact) mass is 289 g/mol. The summed E-state index contributed by atoms with van der Waals surface area (Å²) in [7, 11) is -2.14. The molecule has 0 spiro atoms. The fraction of sp³-hybridized carbons (Fsp3) is 0.667. The summed E-state index contributed by atoms with van der Waals surface area (Å²) >= 11 is 0. The van der Waals surface area contributed by atoms with E-state index in [0.29, 0.717) is 12.4 Å². The number of nitrogens with one attached hydrogen (secondary N) is 1. The molecule has 7 heteroatoms. The van der Waals surface area contributed by atoms with Gasteiger partial charge in [-0.25, -0.2) is 13.1 Å². The van der Waals surface area contributed by atoms with E-state index in [2.05, 4.69) is 4.72 Å². The molecule has 1 fully saturated rings. The van der Waals surface area contributed by atoms with Gasteiger partial charge in [0.15, 0.2) is 0 Å². The third-order valence-corrected chi connectivity index (χ3v) is 4.41. The van der Waals surface area contributed by atoms with Crippen LogP contribution in [0.1, 0.15) is 18.6 Å². The molecule has 1 aromatic heterocycles. The summed E-state index contributed by atoms with van der Waals surface area (Å²) in [6.07, 6.45) is 1.62. The summed E-state index contributed by atoms with van der Waals surface area (Å²) in [4.78, 5) is 0. The van der Waals surface area contributed by atoms with Gasteiger partial charge in [0, 0.05) is 13.7 Å². The maximum absolute atomic E-state index is 12.2. The van der Waals surface area contributed by atoms with E-state index in [-0.39, 0.29) is 17.8 Å². The molecule has 2 unspecified atom stereocenters. The van der Waals surface area contributed by atoms with Crippen LogP contribution in [-0.2, 0) is 19.5 Å². The molecule has 0 saturated carbocycles. The van der Waals surface area contributed by atoms with Crippen molar-refractivity contribution >= 4 is 10.0 Å². The molecule has 1 aliphatic rings. The van der Waals surface area contributed by atoms with Gasteiger partial charge in [-0.05, 0) is 31.9 Å². The quantitative estimate of drug-likeness (QED) is 0.847. The molecular formula is C12H19NO5S. The SMILES string of the molecule is COCC(NS(=O)(=O)c1ccc(C)o1)C1CCCO1. The van der Waals surface area contributed by atoms with E-state index >= 15 is 0 Å². The molecule has 1 aromatic rings. The lowest BCUT2D eigenvalue weighted by atomic mass is 10.1. The van der Waals surface area contributed by atoms with Crippen LogP contribution in [0.4, 0.5) is 0 Å². The van der Waals surface area contributed by atoms with Gasteiger partial charge < -0.3 is 13.9 Å². The lowest BCUT2D eigenvalue weighted by Gasteiger charge is -2.22. The van der Waals surface area contributed by atoms with Gasteiger partial charge in [-0.2, -0.15) is 0 Å². The van der Waals surface area contributed by atoms with Crippen LogP contribution in [-0.4, -0.2) is 40.9 Å². The molecule has 2 atom stereocenters. The Bertz CT molecular complexity index is 504. The van der Waals surface area contributed by atoms with Crippen molar-refractivity contribution in [2.75, 3.05) is 20.3 Å². The minimum Gasteiger partial charge on any atom is -0.449 e. The molecule has 2 heterocycles. The molecule has 6 nitrogen and oxygen atoms in total. The molecule has 0 aromatic carbocycles. The van der Waals surface area contributed by atoms with Crippen LogP contribution in [0.3, 0.4) is 0 Å². The summed E-state index contributed by atoms with van der Waals surface area (Å²) in [5.41, 5.74) is 0. The molecule has 2 rings (SSSR count). The second kappa shape index (κ2) is 6.04. The Balaban J connectivity index is 2.11. The largest absolute Gasteiger partial charge is 0.449 e. The smallest absolute Gasteiger partial charge is 0.274 e. The Morgan fingerprint density at radius 1 is 1.53 bits per heavy atom. The Morgan fingerprint density at radius 3 is 2.84 bits per heavy atom. The van der Waals surface area contributed by atoms with E-state index in [9.17, 15) is 8.42 Å². The molecule has 1 saturated heterocycles. The average molecular weight is 289 g/mol. The summed E-state index contributed by atoms with van der Waals surface area (Å²) in [5.74, 6) is 0.556. The van der Waals surface area contributed by atoms with Crippen molar-refractivity contribution in [1.82, 2.24) is 4.72 Å². The van der Waals surface area contributed by atoms with Gasteiger partial charge in [0.05, 0.1) is 18.8 Å². The van der Waals surface area contributed by atoms with Gasteiger partial charge >= 0.3 is 0 Å². The van der Waals surface area contributed by atoms with Crippen molar-refractivity contribution in [3.05, 3.63) is 17.9 Å². The topological polar surface area (TPSA) is 77.8 Å². The van der Waals surface area contributed by atoms with E-state index in [4.69, 9.17) is 13.9 Å². The number of rotatable bonds is 6. The first-order chi connectivity index (χ1) is 9.03. The van der Waals surface area contributed by atoms with E-state index < -0.39 is 16.1 Å². The van der Waals surface area contributed by atoms with Gasteiger partial charge in [0.1, 0.15) is 5.76 Å². The summed E-state index contributed by atoms with van der Waals surface area (Å²) in [5, 5.41) is -0.0795. The fourth-order valence-corrected chi connectivity index (χ4v) is 3.35. The Morgan fingerprint density at radius 2 is 2.32 bits per heavy atom. The zero-order chi connectivity index (χ0) is 13.9. The van der Waals surface area contributed by atoms with Crippen LogP contribution < -0.4 is 4.72 Å². The predicted molar refractivity (Wildman–Crippen MR) is 68.4 cm³/mol. The highest BCUT2D eigenvalue weighted by Gasteiger charge is 2.31. The second-order valence-electron chi connectivity index (χ2n) is 4.60. The molecule has 108 valence electrons.